The molecule has 32 heavy (non-hydrogen) atoms. The predicted octanol–water partition coefficient (Wildman–Crippen LogP) is 3.12. The van der Waals surface area contributed by atoms with Crippen LogP contribution in [0.3, 0.4) is 0 Å². The topological polar surface area (TPSA) is 128 Å². The molecule has 2 heterocycles. The number of hydrogen-bond acceptors (Lipinski definition) is 8. The van der Waals surface area contributed by atoms with Gasteiger partial charge in [0, 0.05) is 28.8 Å². The lowest BCUT2D eigenvalue weighted by Crippen LogP contribution is -2.31. The molecule has 2 N–H and O–H groups in total. The molecule has 0 atom stereocenters. The van der Waals surface area contributed by atoms with E-state index < -0.39 is 122 Å². The zero-order chi connectivity index (χ0) is 38.0. The molecule has 12 heteroatoms. The van der Waals surface area contributed by atoms with E-state index in [-0.39, 0.29) is 5.56 Å². The van der Waals surface area contributed by atoms with Crippen LogP contribution in [0.15, 0.2) is 47.3 Å². The van der Waals surface area contributed by atoms with Crippen LogP contribution in [0, 0.1) is 6.92 Å². The molecule has 0 aliphatic rings. The Morgan fingerprint density at radius 1 is 1.12 bits per heavy atom. The summed E-state index contributed by atoms with van der Waals surface area (Å²) in [5, 5.41) is 0. The molecule has 0 aliphatic heterocycles. The van der Waals surface area contributed by atoms with Gasteiger partial charge >= 0.3 is 6.01 Å². The lowest BCUT2D eigenvalue weighted by atomic mass is 10.1. The van der Waals surface area contributed by atoms with Crippen molar-refractivity contribution in [1.82, 2.24) is 24.7 Å². The van der Waals surface area contributed by atoms with Crippen molar-refractivity contribution in [2.45, 2.75) is 20.2 Å². The molecule has 0 bridgehead atoms. The minimum Gasteiger partial charge on any atom is -0.473 e. The number of hydrogen-bond donors (Lipinski definition) is 2. The standard InChI is InChI=1S/C20H23BrN6O4S/c1-3-8-26-32(28,29)27-18-17(15-4-6-16(21)7-5-15)19(25-13-24-18)30-9-10-31-20-22-11-14(2)12-23-20/h4-7,11-13,26H,3,8-10H2,1-2H3,(H,24,25,27)/i3D2,4D,5D,6D,7D,8D2,9D2,10D2,11D,12D,13D/hD2. The van der Waals surface area contributed by atoms with Gasteiger partial charge in [-0.2, -0.15) is 13.1 Å². The Kier molecular flexibility index (Phi) is 3.48. The summed E-state index contributed by atoms with van der Waals surface area (Å²) in [6.45, 7) is -9.32. The first kappa shape index (κ1) is 9.98. The first-order valence-electron chi connectivity index (χ1n) is 16.6. The third-order valence-corrected chi connectivity index (χ3v) is 4.16. The molecule has 10 nitrogen and oxygen atoms in total. The van der Waals surface area contributed by atoms with E-state index in [1.54, 1.807) is 0 Å². The zero-order valence-electron chi connectivity index (χ0n) is 33.1. The smallest absolute Gasteiger partial charge is 0.316 e. The summed E-state index contributed by atoms with van der Waals surface area (Å²) in [4.78, 5) is 14.0. The van der Waals surface area contributed by atoms with Gasteiger partial charge in [-0.15, -0.1) is 0 Å². The van der Waals surface area contributed by atoms with Crippen molar-refractivity contribution in [2.75, 3.05) is 24.3 Å². The second-order valence-corrected chi connectivity index (χ2v) is 7.33. The van der Waals surface area contributed by atoms with Crippen LogP contribution in [0.25, 0.3) is 11.1 Å². The van der Waals surface area contributed by atoms with Crippen LogP contribution in [-0.4, -0.2) is 48.0 Å². The first-order chi connectivity index (χ1) is 22.0. The van der Waals surface area contributed by atoms with E-state index in [1.807, 2.05) is 0 Å². The number of nitrogens with zero attached hydrogens (tertiary/aromatic N) is 4. The minimum absolute atomic E-state index is 0.0352. The highest BCUT2D eigenvalue weighted by Gasteiger charge is 2.19. The molecule has 0 unspecified atom stereocenters. The summed E-state index contributed by atoms with van der Waals surface area (Å²) in [6.07, 6.45) is -5.51. The summed E-state index contributed by atoms with van der Waals surface area (Å²) < 4.78 is 172. The first-order valence-corrected chi connectivity index (χ1v) is 10.4. The summed E-state index contributed by atoms with van der Waals surface area (Å²) in [6, 6.07) is -4.69. The number of benzene rings is 1. The molecule has 0 spiro atoms. The Balaban J connectivity index is 2.37. The molecular formula is C20H23BrN6O4S. The molecule has 0 saturated carbocycles. The average molecular weight is 541 g/mol. The quantitative estimate of drug-likeness (QED) is 0.380. The Morgan fingerprint density at radius 2 is 1.81 bits per heavy atom. The maximum Gasteiger partial charge on any atom is 0.316 e. The van der Waals surface area contributed by atoms with Crippen molar-refractivity contribution in [3.8, 4) is 23.0 Å². The van der Waals surface area contributed by atoms with Crippen LogP contribution >= 0.6 is 15.9 Å². The second-order valence-electron chi connectivity index (χ2n) is 5.27. The average Bonchev–Trinajstić information content (AvgIpc) is 2.96. The monoisotopic (exact) mass is 539 g/mol. The van der Waals surface area contributed by atoms with Gasteiger partial charge in [0.2, 0.25) is 5.88 Å². The number of halogens is 1. The van der Waals surface area contributed by atoms with Gasteiger partial charge in [-0.25, -0.2) is 19.9 Å². The van der Waals surface area contributed by atoms with Gasteiger partial charge in [0.1, 0.15) is 22.2 Å². The fraction of sp³-hybridized carbons (Fsp3) is 0.300. The Labute approximate surface area is 219 Å². The van der Waals surface area contributed by atoms with Crippen LogP contribution in [0.1, 0.15) is 39.4 Å². The molecule has 0 aliphatic carbocycles. The molecule has 2 aromatic heterocycles. The van der Waals surface area contributed by atoms with Crippen LogP contribution in [0.4, 0.5) is 5.82 Å². The van der Waals surface area contributed by atoms with Crippen molar-refractivity contribution in [3.63, 3.8) is 0 Å². The van der Waals surface area contributed by atoms with Crippen molar-refractivity contribution in [3.05, 3.63) is 52.9 Å². The maximum absolute atomic E-state index is 13.3. The van der Waals surface area contributed by atoms with Gasteiger partial charge in [0.15, 0.2) is 7.23 Å². The SMILES string of the molecule is [2H]c1nc(OC([2H])([2H])C([2H])([2H])Oc2nc([2H])c(C)c([2H])n2)c(-c2c([2H])c([2H])c(Br)c([2H])c2[2H])c(N([2H])S(=O)(=O)N([2H])C([2H])([2H])C([2H])([2H])C)n1. The van der Waals surface area contributed by atoms with E-state index in [1.165, 1.54) is 6.92 Å². The van der Waals surface area contributed by atoms with E-state index >= 15 is 0 Å². The maximum atomic E-state index is 13.3. The van der Waals surface area contributed by atoms with E-state index in [4.69, 9.17) is 32.9 Å². The number of rotatable bonds is 11. The van der Waals surface area contributed by atoms with Crippen molar-refractivity contribution >= 4 is 32.0 Å². The Bertz CT molecular complexity index is 1870. The summed E-state index contributed by atoms with van der Waals surface area (Å²) in [7, 11) is -5.89. The molecule has 1 aromatic carbocycles. The van der Waals surface area contributed by atoms with Crippen LogP contribution in [0.2, 0.25) is 2.82 Å². The van der Waals surface area contributed by atoms with Gasteiger partial charge in [0.25, 0.3) is 10.2 Å². The van der Waals surface area contributed by atoms with Crippen LogP contribution < -0.4 is 18.9 Å². The lowest BCUT2D eigenvalue weighted by Gasteiger charge is -2.15. The van der Waals surface area contributed by atoms with Crippen molar-refractivity contribution < 1.29 is 41.3 Å². The Morgan fingerprint density at radius 3 is 2.50 bits per heavy atom. The zero-order valence-corrected chi connectivity index (χ0v) is 18.5. The molecule has 0 amide bonds. The highest BCUT2D eigenvalue weighted by Crippen LogP contribution is 2.34. The van der Waals surface area contributed by atoms with Gasteiger partial charge in [-0.3, -0.25) is 4.72 Å². The van der Waals surface area contributed by atoms with Gasteiger partial charge in [0.05, 0.1) is 19.3 Å². The molecule has 0 saturated heterocycles. The van der Waals surface area contributed by atoms with Gasteiger partial charge in [-0.05, 0) is 36.5 Å². The number of anilines is 1. The molecule has 0 radical (unpaired) electrons. The minimum atomic E-state index is -5.89. The normalized spacial score (nSPS) is 20.8. The van der Waals surface area contributed by atoms with E-state index in [0.29, 0.717) is 6.92 Å². The third-order valence-electron chi connectivity index (χ3n) is 3.03. The number of ether oxygens (including phenoxy) is 2. The molecular weight excluding hydrogens is 500 g/mol. The summed E-state index contributed by atoms with van der Waals surface area (Å²) in [5.41, 5.74) is -2.24. The van der Waals surface area contributed by atoms with Crippen LogP contribution in [-0.2, 0) is 10.2 Å². The van der Waals surface area contributed by atoms with E-state index in [0.717, 1.165) is 0 Å². The molecule has 3 aromatic rings. The van der Waals surface area contributed by atoms with Gasteiger partial charge in [-0.1, -0.05) is 34.9 Å². The fourth-order valence-corrected chi connectivity index (χ4v) is 2.63. The largest absolute Gasteiger partial charge is 0.473 e. The Hall–Kier alpha value is -2.83. The third kappa shape index (κ3) is 6.84. The van der Waals surface area contributed by atoms with Crippen molar-refractivity contribution in [2.24, 2.45) is 0 Å². The van der Waals surface area contributed by atoms with Gasteiger partial charge < -0.3 is 9.47 Å². The fourth-order valence-electron chi connectivity index (χ4n) is 1.83. The molecule has 0 fully saturated rings. The summed E-state index contributed by atoms with van der Waals surface area (Å²) >= 11 is 2.85. The highest BCUT2D eigenvalue weighted by molar-refractivity contribution is 9.10. The highest BCUT2D eigenvalue weighted by atomic mass is 79.9. The second kappa shape index (κ2) is 11.2. The molecule has 3 rings (SSSR count). The van der Waals surface area contributed by atoms with E-state index in [2.05, 4.69) is 35.9 Å². The summed E-state index contributed by atoms with van der Waals surface area (Å²) in [5.74, 6) is -2.85. The number of nitrogens with one attached hydrogen (secondary N) is 2. The lowest BCUT2D eigenvalue weighted by molar-refractivity contribution is 0.202. The van der Waals surface area contributed by atoms with E-state index in [9.17, 15) is 8.42 Å². The van der Waals surface area contributed by atoms with Crippen molar-refractivity contribution in [1.29, 1.82) is 0 Å². The number of aromatic nitrogens is 4. The predicted molar refractivity (Wildman–Crippen MR) is 124 cm³/mol. The van der Waals surface area contributed by atoms with Crippen LogP contribution in [0.5, 0.6) is 11.9 Å². The molecule has 170 valence electrons.